The summed E-state index contributed by atoms with van der Waals surface area (Å²) in [4.78, 5) is 3.99. The number of rotatable bonds is 3. The van der Waals surface area contributed by atoms with Crippen LogP contribution in [-0.2, 0) is 0 Å². The third-order valence-electron chi connectivity index (χ3n) is 2.38. The normalized spacial score (nSPS) is 17.5. The standard InChI is InChI=1S/C10H11N3/c11-7-10(3-4-10)8-13-9-2-1-5-12-6-9/h1-2,5-6,13H,3-4,8H2. The molecule has 1 N–H and O–H groups in total. The predicted octanol–water partition coefficient (Wildman–Crippen LogP) is 1.80. The molecule has 1 aromatic heterocycles. The van der Waals surface area contributed by atoms with Crippen LogP contribution in [-0.4, -0.2) is 11.5 Å². The van der Waals surface area contributed by atoms with E-state index in [2.05, 4.69) is 16.4 Å². The summed E-state index contributed by atoms with van der Waals surface area (Å²) in [6, 6.07) is 6.18. The summed E-state index contributed by atoms with van der Waals surface area (Å²) in [5, 5.41) is 12.0. The Labute approximate surface area is 77.4 Å². The minimum Gasteiger partial charge on any atom is -0.382 e. The van der Waals surface area contributed by atoms with E-state index >= 15 is 0 Å². The maximum absolute atomic E-state index is 8.83. The minimum atomic E-state index is -0.0875. The molecule has 13 heavy (non-hydrogen) atoms. The van der Waals surface area contributed by atoms with Gasteiger partial charge in [-0.1, -0.05) is 0 Å². The molecule has 0 bridgehead atoms. The fourth-order valence-electron chi connectivity index (χ4n) is 1.22. The summed E-state index contributed by atoms with van der Waals surface area (Å²) >= 11 is 0. The van der Waals surface area contributed by atoms with Crippen LogP contribution >= 0.6 is 0 Å². The van der Waals surface area contributed by atoms with E-state index in [-0.39, 0.29) is 5.41 Å². The number of hydrogen-bond donors (Lipinski definition) is 1. The molecule has 1 aliphatic carbocycles. The van der Waals surface area contributed by atoms with Crippen molar-refractivity contribution >= 4 is 5.69 Å². The lowest BCUT2D eigenvalue weighted by molar-refractivity contribution is 0.711. The van der Waals surface area contributed by atoms with E-state index in [4.69, 9.17) is 5.26 Å². The van der Waals surface area contributed by atoms with Gasteiger partial charge in [0, 0.05) is 18.9 Å². The number of aromatic nitrogens is 1. The third-order valence-corrected chi connectivity index (χ3v) is 2.38. The highest BCUT2D eigenvalue weighted by molar-refractivity contribution is 5.40. The molecule has 66 valence electrons. The van der Waals surface area contributed by atoms with Crippen LogP contribution in [0, 0.1) is 16.7 Å². The van der Waals surface area contributed by atoms with Crippen LogP contribution in [0.25, 0.3) is 0 Å². The lowest BCUT2D eigenvalue weighted by atomic mass is 10.1. The van der Waals surface area contributed by atoms with Gasteiger partial charge in [0.15, 0.2) is 0 Å². The fourth-order valence-corrected chi connectivity index (χ4v) is 1.22. The quantitative estimate of drug-likeness (QED) is 0.758. The van der Waals surface area contributed by atoms with Gasteiger partial charge in [0.05, 0.1) is 17.2 Å². The molecule has 1 aromatic rings. The second-order valence-electron chi connectivity index (χ2n) is 3.49. The van der Waals surface area contributed by atoms with Gasteiger partial charge >= 0.3 is 0 Å². The maximum atomic E-state index is 8.83. The molecule has 0 aromatic carbocycles. The minimum absolute atomic E-state index is 0.0875. The van der Waals surface area contributed by atoms with Crippen LogP contribution in [0.2, 0.25) is 0 Å². The summed E-state index contributed by atoms with van der Waals surface area (Å²) in [7, 11) is 0. The van der Waals surface area contributed by atoms with Gasteiger partial charge in [-0.3, -0.25) is 4.98 Å². The molecular formula is C10H11N3. The Hall–Kier alpha value is -1.56. The van der Waals surface area contributed by atoms with Crippen molar-refractivity contribution in [3.05, 3.63) is 24.5 Å². The van der Waals surface area contributed by atoms with Crippen molar-refractivity contribution in [2.75, 3.05) is 11.9 Å². The lowest BCUT2D eigenvalue weighted by Gasteiger charge is -2.08. The van der Waals surface area contributed by atoms with E-state index in [1.807, 2.05) is 12.1 Å². The molecule has 1 fully saturated rings. The fraction of sp³-hybridized carbons (Fsp3) is 0.400. The summed E-state index contributed by atoms with van der Waals surface area (Å²) in [6.45, 7) is 0.745. The van der Waals surface area contributed by atoms with Gasteiger partial charge in [-0.05, 0) is 25.0 Å². The van der Waals surface area contributed by atoms with Gasteiger partial charge in [0.25, 0.3) is 0 Å². The van der Waals surface area contributed by atoms with Gasteiger partial charge in [-0.2, -0.15) is 5.26 Å². The first kappa shape index (κ1) is 8.06. The van der Waals surface area contributed by atoms with E-state index in [0.29, 0.717) is 0 Å². The number of pyridine rings is 1. The Bertz CT molecular complexity index is 322. The van der Waals surface area contributed by atoms with Crippen molar-refractivity contribution < 1.29 is 0 Å². The smallest absolute Gasteiger partial charge is 0.0747 e. The van der Waals surface area contributed by atoms with Crippen molar-refractivity contribution in [2.45, 2.75) is 12.8 Å². The van der Waals surface area contributed by atoms with Crippen LogP contribution in [0.15, 0.2) is 24.5 Å². The van der Waals surface area contributed by atoms with Gasteiger partial charge in [0.1, 0.15) is 0 Å². The number of nitrogens with zero attached hydrogens (tertiary/aromatic N) is 2. The zero-order valence-electron chi connectivity index (χ0n) is 7.33. The highest BCUT2D eigenvalue weighted by Crippen LogP contribution is 2.44. The predicted molar refractivity (Wildman–Crippen MR) is 50.0 cm³/mol. The van der Waals surface area contributed by atoms with Crippen LogP contribution < -0.4 is 5.32 Å². The van der Waals surface area contributed by atoms with Crippen molar-refractivity contribution in [3.8, 4) is 6.07 Å². The largest absolute Gasteiger partial charge is 0.382 e. The second-order valence-corrected chi connectivity index (χ2v) is 3.49. The zero-order chi connectivity index (χ0) is 9.15. The molecule has 0 saturated heterocycles. The number of anilines is 1. The molecule has 0 unspecified atom stereocenters. The molecule has 1 aliphatic rings. The second kappa shape index (κ2) is 3.06. The van der Waals surface area contributed by atoms with E-state index in [1.165, 1.54) is 0 Å². The zero-order valence-corrected chi connectivity index (χ0v) is 7.33. The van der Waals surface area contributed by atoms with E-state index in [9.17, 15) is 0 Å². The topological polar surface area (TPSA) is 48.7 Å². The highest BCUT2D eigenvalue weighted by Gasteiger charge is 2.42. The molecular weight excluding hydrogens is 162 g/mol. The molecule has 0 aliphatic heterocycles. The third kappa shape index (κ3) is 1.78. The molecule has 3 nitrogen and oxygen atoms in total. The first-order chi connectivity index (χ1) is 6.35. The SMILES string of the molecule is N#CC1(CNc2cccnc2)CC1. The molecule has 1 heterocycles. The summed E-state index contributed by atoms with van der Waals surface area (Å²) < 4.78 is 0. The summed E-state index contributed by atoms with van der Waals surface area (Å²) in [5.74, 6) is 0. The van der Waals surface area contributed by atoms with Gasteiger partial charge in [-0.25, -0.2) is 0 Å². The number of hydrogen-bond acceptors (Lipinski definition) is 3. The average molecular weight is 173 g/mol. The van der Waals surface area contributed by atoms with Crippen LogP contribution in [0.1, 0.15) is 12.8 Å². The molecule has 1 saturated carbocycles. The molecule has 0 atom stereocenters. The van der Waals surface area contributed by atoms with Gasteiger partial charge in [0.2, 0.25) is 0 Å². The van der Waals surface area contributed by atoms with E-state index < -0.39 is 0 Å². The molecule has 3 heteroatoms. The van der Waals surface area contributed by atoms with Crippen LogP contribution in [0.3, 0.4) is 0 Å². The monoisotopic (exact) mass is 173 g/mol. The Balaban J connectivity index is 1.91. The Morgan fingerprint density at radius 3 is 3.00 bits per heavy atom. The van der Waals surface area contributed by atoms with E-state index in [1.54, 1.807) is 12.4 Å². The van der Waals surface area contributed by atoms with Crippen molar-refractivity contribution in [1.29, 1.82) is 5.26 Å². The highest BCUT2D eigenvalue weighted by atomic mass is 14.9. The Kier molecular flexibility index (Phi) is 1.90. The first-order valence-electron chi connectivity index (χ1n) is 4.40. The Morgan fingerprint density at radius 1 is 1.62 bits per heavy atom. The maximum Gasteiger partial charge on any atom is 0.0747 e. The van der Waals surface area contributed by atoms with Crippen LogP contribution in [0.4, 0.5) is 5.69 Å². The van der Waals surface area contributed by atoms with Crippen molar-refractivity contribution in [2.24, 2.45) is 5.41 Å². The van der Waals surface area contributed by atoms with Gasteiger partial charge < -0.3 is 5.32 Å². The van der Waals surface area contributed by atoms with E-state index in [0.717, 1.165) is 25.1 Å². The molecule has 0 spiro atoms. The summed E-state index contributed by atoms with van der Waals surface area (Å²) in [5.41, 5.74) is 0.902. The number of nitriles is 1. The van der Waals surface area contributed by atoms with Gasteiger partial charge in [-0.15, -0.1) is 0 Å². The van der Waals surface area contributed by atoms with Crippen molar-refractivity contribution in [3.63, 3.8) is 0 Å². The Morgan fingerprint density at radius 2 is 2.46 bits per heavy atom. The molecule has 0 radical (unpaired) electrons. The lowest BCUT2D eigenvalue weighted by Crippen LogP contribution is -2.13. The average Bonchev–Trinajstić information content (AvgIpc) is 2.97. The number of nitrogens with one attached hydrogen (secondary N) is 1. The summed E-state index contributed by atoms with van der Waals surface area (Å²) in [6.07, 6.45) is 5.56. The van der Waals surface area contributed by atoms with Crippen LogP contribution in [0.5, 0.6) is 0 Å². The molecule has 2 rings (SSSR count). The van der Waals surface area contributed by atoms with Crippen molar-refractivity contribution in [1.82, 2.24) is 4.98 Å². The molecule has 0 amide bonds. The first-order valence-corrected chi connectivity index (χ1v) is 4.40.